The molecule has 0 fully saturated rings. The van der Waals surface area contributed by atoms with E-state index >= 15 is 0 Å². The van der Waals surface area contributed by atoms with Gasteiger partial charge in [0.15, 0.2) is 16.3 Å². The van der Waals surface area contributed by atoms with E-state index in [1.807, 2.05) is 11.5 Å². The number of allylic oxidation sites excluding steroid dienone is 1. The summed E-state index contributed by atoms with van der Waals surface area (Å²) in [5.74, 6) is 0.943. The van der Waals surface area contributed by atoms with Gasteiger partial charge in [-0.1, -0.05) is 23.5 Å². The summed E-state index contributed by atoms with van der Waals surface area (Å²) < 4.78 is 14.2. The van der Waals surface area contributed by atoms with Gasteiger partial charge in [-0.25, -0.2) is 0 Å². The quantitative estimate of drug-likeness (QED) is 0.664. The molecule has 2 heterocycles. The Hall–Kier alpha value is -2.86. The number of carbonyl (C=O) groups excluding carboxylic acids is 1. The van der Waals surface area contributed by atoms with Crippen molar-refractivity contribution in [3.8, 4) is 11.5 Å². The van der Waals surface area contributed by atoms with Crippen LogP contribution in [-0.2, 0) is 6.54 Å². The summed E-state index contributed by atoms with van der Waals surface area (Å²) in [4.78, 5) is 17.7. The van der Waals surface area contributed by atoms with Crippen molar-refractivity contribution in [3.05, 3.63) is 65.0 Å². The number of rotatable bonds is 3. The molecule has 0 aliphatic carbocycles. The predicted molar refractivity (Wildman–Crippen MR) is 102 cm³/mol. The summed E-state index contributed by atoms with van der Waals surface area (Å²) in [5, 5.41) is 0. The summed E-state index contributed by atoms with van der Waals surface area (Å²) >= 11 is 1.50. The van der Waals surface area contributed by atoms with Crippen molar-refractivity contribution in [1.82, 2.24) is 4.57 Å². The first kappa shape index (κ1) is 16.6. The molecule has 1 amide bonds. The van der Waals surface area contributed by atoms with Gasteiger partial charge in [0.25, 0.3) is 5.91 Å². The summed E-state index contributed by atoms with van der Waals surface area (Å²) in [5.41, 5.74) is 2.71. The van der Waals surface area contributed by atoms with E-state index in [9.17, 15) is 4.79 Å². The Bertz CT molecular complexity index is 1080. The van der Waals surface area contributed by atoms with Crippen LogP contribution in [0.2, 0.25) is 0 Å². The Labute approximate surface area is 154 Å². The van der Waals surface area contributed by atoms with E-state index in [0.29, 0.717) is 41.6 Å². The van der Waals surface area contributed by atoms with Gasteiger partial charge < -0.3 is 14.0 Å². The van der Waals surface area contributed by atoms with Gasteiger partial charge in [-0.2, -0.15) is 4.99 Å². The van der Waals surface area contributed by atoms with E-state index in [1.165, 1.54) is 16.9 Å². The van der Waals surface area contributed by atoms with Crippen molar-refractivity contribution in [2.45, 2.75) is 13.5 Å². The third kappa shape index (κ3) is 3.04. The molecule has 5 nitrogen and oxygen atoms in total. The number of nitrogens with zero attached hydrogens (tertiary/aromatic N) is 2. The van der Waals surface area contributed by atoms with Crippen LogP contribution in [0.5, 0.6) is 11.5 Å². The summed E-state index contributed by atoms with van der Waals surface area (Å²) in [6, 6.07) is 11.4. The fourth-order valence-electron chi connectivity index (χ4n) is 2.90. The zero-order valence-corrected chi connectivity index (χ0v) is 15.2. The molecule has 2 aromatic carbocycles. The van der Waals surface area contributed by atoms with Crippen molar-refractivity contribution in [3.63, 3.8) is 0 Å². The lowest BCUT2D eigenvalue weighted by Gasteiger charge is -2.18. The number of fused-ring (bicyclic) bond motifs is 2. The fraction of sp³-hybridized carbons (Fsp3) is 0.200. The molecule has 26 heavy (non-hydrogen) atoms. The molecule has 6 heteroatoms. The Morgan fingerprint density at radius 1 is 1.23 bits per heavy atom. The molecule has 0 unspecified atom stereocenters. The Morgan fingerprint density at radius 2 is 2.04 bits per heavy atom. The van der Waals surface area contributed by atoms with Crippen LogP contribution in [-0.4, -0.2) is 23.7 Å². The zero-order valence-electron chi connectivity index (χ0n) is 14.4. The maximum Gasteiger partial charge on any atom is 0.279 e. The lowest BCUT2D eigenvalue weighted by molar-refractivity contribution is 0.0996. The van der Waals surface area contributed by atoms with Gasteiger partial charge in [0.1, 0.15) is 13.2 Å². The highest BCUT2D eigenvalue weighted by atomic mass is 32.1. The van der Waals surface area contributed by atoms with Crippen LogP contribution in [0.4, 0.5) is 0 Å². The van der Waals surface area contributed by atoms with Crippen LogP contribution in [0, 0.1) is 6.92 Å². The topological polar surface area (TPSA) is 52.8 Å². The zero-order chi connectivity index (χ0) is 18.1. The second-order valence-corrected chi connectivity index (χ2v) is 7.04. The van der Waals surface area contributed by atoms with E-state index in [4.69, 9.17) is 9.47 Å². The number of aromatic nitrogens is 1. The first-order valence-electron chi connectivity index (χ1n) is 8.35. The largest absolute Gasteiger partial charge is 0.486 e. The molecule has 1 aliphatic heterocycles. The van der Waals surface area contributed by atoms with Crippen molar-refractivity contribution < 1.29 is 14.3 Å². The number of hydrogen-bond donors (Lipinski definition) is 0. The van der Waals surface area contributed by atoms with Crippen molar-refractivity contribution in [2.75, 3.05) is 13.2 Å². The van der Waals surface area contributed by atoms with Crippen molar-refractivity contribution >= 4 is 27.5 Å². The number of thiazole rings is 1. The van der Waals surface area contributed by atoms with Crippen LogP contribution in [0.15, 0.2) is 54.0 Å². The number of carbonyl (C=O) groups is 1. The predicted octanol–water partition coefficient (Wildman–Crippen LogP) is 3.71. The molecule has 0 saturated heterocycles. The van der Waals surface area contributed by atoms with Gasteiger partial charge in [-0.3, -0.25) is 4.79 Å². The van der Waals surface area contributed by atoms with Gasteiger partial charge in [0.05, 0.1) is 10.2 Å². The molecule has 4 rings (SSSR count). The maximum atomic E-state index is 12.7. The van der Waals surface area contributed by atoms with E-state index in [0.717, 1.165) is 10.2 Å². The molecular weight excluding hydrogens is 348 g/mol. The molecule has 1 aromatic heterocycles. The molecule has 0 spiro atoms. The smallest absolute Gasteiger partial charge is 0.279 e. The summed E-state index contributed by atoms with van der Waals surface area (Å²) in [6.07, 6.45) is 1.81. The van der Waals surface area contributed by atoms with Gasteiger partial charge in [-0.05, 0) is 42.8 Å². The minimum Gasteiger partial charge on any atom is -0.486 e. The van der Waals surface area contributed by atoms with Gasteiger partial charge in [0, 0.05) is 12.1 Å². The SMILES string of the molecule is C=CCn1c(=NC(=O)c2ccc3c(c2)OCCO3)sc2cc(C)ccc21. The maximum absolute atomic E-state index is 12.7. The molecule has 132 valence electrons. The highest BCUT2D eigenvalue weighted by molar-refractivity contribution is 7.16. The van der Waals surface area contributed by atoms with Crippen LogP contribution >= 0.6 is 11.3 Å². The summed E-state index contributed by atoms with van der Waals surface area (Å²) in [6.45, 7) is 7.46. The minimum atomic E-state index is -0.303. The van der Waals surface area contributed by atoms with E-state index in [-0.39, 0.29) is 5.91 Å². The normalized spacial score (nSPS) is 13.8. The Balaban J connectivity index is 1.79. The van der Waals surface area contributed by atoms with Crippen LogP contribution in [0.3, 0.4) is 0 Å². The number of ether oxygens (including phenoxy) is 2. The lowest BCUT2D eigenvalue weighted by atomic mass is 10.2. The molecule has 0 N–H and O–H groups in total. The lowest BCUT2D eigenvalue weighted by Crippen LogP contribution is -2.17. The average molecular weight is 366 g/mol. The first-order valence-corrected chi connectivity index (χ1v) is 9.17. The highest BCUT2D eigenvalue weighted by Crippen LogP contribution is 2.31. The van der Waals surface area contributed by atoms with Gasteiger partial charge in [0.2, 0.25) is 0 Å². The summed E-state index contributed by atoms with van der Waals surface area (Å²) in [7, 11) is 0. The number of benzene rings is 2. The number of amides is 1. The molecule has 0 atom stereocenters. The molecule has 0 bridgehead atoms. The minimum absolute atomic E-state index is 0.303. The molecule has 1 aliphatic rings. The standard InChI is InChI=1S/C20H18N2O3S/c1-3-8-22-15-6-4-13(2)11-18(15)26-20(22)21-19(23)14-5-7-16-17(12-14)25-10-9-24-16/h3-7,11-12H,1,8-10H2,2H3. The second kappa shape index (κ2) is 6.80. The van der Waals surface area contributed by atoms with E-state index in [1.54, 1.807) is 24.3 Å². The molecule has 3 aromatic rings. The number of hydrogen-bond acceptors (Lipinski definition) is 4. The van der Waals surface area contributed by atoms with Crippen LogP contribution < -0.4 is 14.3 Å². The Kier molecular flexibility index (Phi) is 4.34. The first-order chi connectivity index (χ1) is 12.7. The fourth-order valence-corrected chi connectivity index (χ4v) is 4.04. The van der Waals surface area contributed by atoms with Crippen molar-refractivity contribution in [2.24, 2.45) is 4.99 Å². The second-order valence-electron chi connectivity index (χ2n) is 6.03. The molecular formula is C20H18N2O3S. The average Bonchev–Trinajstić information content (AvgIpc) is 2.98. The van der Waals surface area contributed by atoms with Gasteiger partial charge >= 0.3 is 0 Å². The monoisotopic (exact) mass is 366 g/mol. The van der Waals surface area contributed by atoms with Crippen LogP contribution in [0.1, 0.15) is 15.9 Å². The van der Waals surface area contributed by atoms with Crippen LogP contribution in [0.25, 0.3) is 10.2 Å². The van der Waals surface area contributed by atoms with Gasteiger partial charge in [-0.15, -0.1) is 6.58 Å². The Morgan fingerprint density at radius 3 is 2.85 bits per heavy atom. The third-order valence-corrected chi connectivity index (χ3v) is 5.18. The van der Waals surface area contributed by atoms with E-state index in [2.05, 4.69) is 29.8 Å². The number of aryl methyl sites for hydroxylation is 1. The van der Waals surface area contributed by atoms with E-state index < -0.39 is 0 Å². The van der Waals surface area contributed by atoms with Crippen molar-refractivity contribution in [1.29, 1.82) is 0 Å². The highest BCUT2D eigenvalue weighted by Gasteiger charge is 2.15. The third-order valence-electron chi connectivity index (χ3n) is 4.14. The molecule has 0 radical (unpaired) electrons. The molecule has 0 saturated carbocycles.